The molecule has 0 saturated heterocycles. The van der Waals surface area contributed by atoms with E-state index in [2.05, 4.69) is 10.6 Å². The molecule has 0 aromatic heterocycles. The molecule has 0 saturated carbocycles. The number of hydrogen-bond acceptors (Lipinski definition) is 4. The van der Waals surface area contributed by atoms with Crippen molar-refractivity contribution in [3.05, 3.63) is 23.8 Å². The van der Waals surface area contributed by atoms with Crippen LogP contribution in [0.1, 0.15) is 24.2 Å². The van der Waals surface area contributed by atoms with E-state index in [1.165, 1.54) is 0 Å². The Labute approximate surface area is 108 Å². The average Bonchev–Trinajstić information content (AvgIpc) is 2.31. The number of methoxy groups -OCH3 is 1. The van der Waals surface area contributed by atoms with Gasteiger partial charge in [-0.25, -0.2) is 0 Å². The summed E-state index contributed by atoms with van der Waals surface area (Å²) in [4.78, 5) is 12.0. The zero-order chi connectivity index (χ0) is 13.5. The Bertz CT molecular complexity index is 405. The van der Waals surface area contributed by atoms with Crippen molar-refractivity contribution in [3.63, 3.8) is 0 Å². The van der Waals surface area contributed by atoms with Crippen molar-refractivity contribution in [1.29, 1.82) is 0 Å². The van der Waals surface area contributed by atoms with Gasteiger partial charge >= 0.3 is 0 Å². The summed E-state index contributed by atoms with van der Waals surface area (Å²) in [5.74, 6) is -0.150. The second kappa shape index (κ2) is 6.86. The summed E-state index contributed by atoms with van der Waals surface area (Å²) in [7, 11) is 1.60. The van der Waals surface area contributed by atoms with E-state index in [1.807, 2.05) is 19.9 Å². The van der Waals surface area contributed by atoms with Gasteiger partial charge in [-0.05, 0) is 32.0 Å². The summed E-state index contributed by atoms with van der Waals surface area (Å²) in [6, 6.07) is 5.52. The lowest BCUT2D eigenvalue weighted by molar-refractivity contribution is 0.0938. The van der Waals surface area contributed by atoms with Gasteiger partial charge in [0.25, 0.3) is 5.91 Å². The number of carbonyl (C=O) groups excluding carboxylic acids is 1. The molecule has 0 atom stereocenters. The number of nitrogens with two attached hydrogens (primary N) is 1. The van der Waals surface area contributed by atoms with Gasteiger partial charge in [-0.3, -0.25) is 4.79 Å². The minimum absolute atomic E-state index is 0.150. The van der Waals surface area contributed by atoms with E-state index in [0.29, 0.717) is 24.4 Å². The first-order valence-electron chi connectivity index (χ1n) is 5.97. The minimum atomic E-state index is -0.150. The Balaban J connectivity index is 2.83. The second-order valence-electron chi connectivity index (χ2n) is 4.35. The SMILES string of the molecule is COCCNC(=O)c1cc(N)ccc1NC(C)C. The Hall–Kier alpha value is -1.75. The molecule has 0 heterocycles. The van der Waals surface area contributed by atoms with E-state index in [9.17, 15) is 4.79 Å². The second-order valence-corrected chi connectivity index (χ2v) is 4.35. The third kappa shape index (κ3) is 4.25. The molecule has 18 heavy (non-hydrogen) atoms. The smallest absolute Gasteiger partial charge is 0.253 e. The lowest BCUT2D eigenvalue weighted by atomic mass is 10.1. The predicted molar refractivity (Wildman–Crippen MR) is 73.8 cm³/mol. The fraction of sp³-hybridized carbons (Fsp3) is 0.462. The molecule has 100 valence electrons. The highest BCUT2D eigenvalue weighted by Crippen LogP contribution is 2.19. The summed E-state index contributed by atoms with van der Waals surface area (Å²) in [6.07, 6.45) is 0. The van der Waals surface area contributed by atoms with E-state index in [-0.39, 0.29) is 11.9 Å². The van der Waals surface area contributed by atoms with Crippen LogP contribution in [-0.2, 0) is 4.74 Å². The number of carbonyl (C=O) groups is 1. The number of ether oxygens (including phenoxy) is 1. The van der Waals surface area contributed by atoms with Crippen molar-refractivity contribution in [2.75, 3.05) is 31.3 Å². The van der Waals surface area contributed by atoms with Gasteiger partial charge in [-0.2, -0.15) is 0 Å². The summed E-state index contributed by atoms with van der Waals surface area (Å²) in [5.41, 5.74) is 7.63. The standard InChI is InChI=1S/C13H21N3O2/c1-9(2)16-12-5-4-10(14)8-11(12)13(17)15-6-7-18-3/h4-5,8-9,16H,6-7,14H2,1-3H3,(H,15,17). The van der Waals surface area contributed by atoms with Crippen molar-refractivity contribution < 1.29 is 9.53 Å². The van der Waals surface area contributed by atoms with Crippen LogP contribution in [0.3, 0.4) is 0 Å². The molecule has 0 radical (unpaired) electrons. The van der Waals surface area contributed by atoms with Crippen LogP contribution < -0.4 is 16.4 Å². The first kappa shape index (κ1) is 14.3. The van der Waals surface area contributed by atoms with Gasteiger partial charge < -0.3 is 21.1 Å². The largest absolute Gasteiger partial charge is 0.399 e. The summed E-state index contributed by atoms with van der Waals surface area (Å²) in [6.45, 7) is 5.00. The van der Waals surface area contributed by atoms with Gasteiger partial charge in [-0.1, -0.05) is 0 Å². The summed E-state index contributed by atoms with van der Waals surface area (Å²) in [5, 5.41) is 6.01. The molecule has 0 bridgehead atoms. The summed E-state index contributed by atoms with van der Waals surface area (Å²) >= 11 is 0. The Kier molecular flexibility index (Phi) is 5.45. The number of amides is 1. The first-order chi connectivity index (χ1) is 8.54. The van der Waals surface area contributed by atoms with E-state index >= 15 is 0 Å². The number of rotatable bonds is 6. The van der Waals surface area contributed by atoms with Crippen LogP contribution >= 0.6 is 0 Å². The van der Waals surface area contributed by atoms with Gasteiger partial charge in [0.15, 0.2) is 0 Å². The predicted octanol–water partition coefficient (Wildman–Crippen LogP) is 1.47. The molecule has 1 aromatic carbocycles. The van der Waals surface area contributed by atoms with E-state index in [1.54, 1.807) is 19.2 Å². The number of anilines is 2. The Morgan fingerprint density at radius 3 is 2.78 bits per heavy atom. The maximum Gasteiger partial charge on any atom is 0.253 e. The zero-order valence-electron chi connectivity index (χ0n) is 11.1. The molecule has 1 amide bonds. The van der Waals surface area contributed by atoms with Crippen molar-refractivity contribution in [1.82, 2.24) is 5.32 Å². The van der Waals surface area contributed by atoms with Crippen LogP contribution in [0, 0.1) is 0 Å². The summed E-state index contributed by atoms with van der Waals surface area (Å²) < 4.78 is 4.89. The molecule has 5 heteroatoms. The van der Waals surface area contributed by atoms with E-state index in [4.69, 9.17) is 10.5 Å². The lowest BCUT2D eigenvalue weighted by Gasteiger charge is -2.15. The molecule has 1 aromatic rings. The van der Waals surface area contributed by atoms with Crippen LogP contribution in [0.4, 0.5) is 11.4 Å². The van der Waals surface area contributed by atoms with Crippen molar-refractivity contribution in [2.24, 2.45) is 0 Å². The maximum absolute atomic E-state index is 12.0. The van der Waals surface area contributed by atoms with E-state index in [0.717, 1.165) is 5.69 Å². The van der Waals surface area contributed by atoms with Crippen molar-refractivity contribution in [3.8, 4) is 0 Å². The first-order valence-corrected chi connectivity index (χ1v) is 5.97. The highest BCUT2D eigenvalue weighted by molar-refractivity contribution is 6.00. The molecule has 4 N–H and O–H groups in total. The fourth-order valence-corrected chi connectivity index (χ4v) is 1.55. The normalized spacial score (nSPS) is 10.4. The topological polar surface area (TPSA) is 76.4 Å². The quantitative estimate of drug-likeness (QED) is 0.528. The molecular weight excluding hydrogens is 230 g/mol. The Morgan fingerprint density at radius 1 is 1.44 bits per heavy atom. The third-order valence-electron chi connectivity index (χ3n) is 2.32. The lowest BCUT2D eigenvalue weighted by Crippen LogP contribution is -2.28. The van der Waals surface area contributed by atoms with Gasteiger partial charge in [-0.15, -0.1) is 0 Å². The zero-order valence-corrected chi connectivity index (χ0v) is 11.1. The van der Waals surface area contributed by atoms with Gasteiger partial charge in [0.2, 0.25) is 0 Å². The minimum Gasteiger partial charge on any atom is -0.399 e. The van der Waals surface area contributed by atoms with Gasteiger partial charge in [0.05, 0.1) is 12.2 Å². The monoisotopic (exact) mass is 251 g/mol. The Morgan fingerprint density at radius 2 is 2.17 bits per heavy atom. The van der Waals surface area contributed by atoms with Crippen LogP contribution in [0.15, 0.2) is 18.2 Å². The van der Waals surface area contributed by atoms with Crippen molar-refractivity contribution in [2.45, 2.75) is 19.9 Å². The molecular formula is C13H21N3O2. The van der Waals surface area contributed by atoms with Crippen LogP contribution in [-0.4, -0.2) is 32.2 Å². The molecule has 0 spiro atoms. The third-order valence-corrected chi connectivity index (χ3v) is 2.32. The molecule has 5 nitrogen and oxygen atoms in total. The highest BCUT2D eigenvalue weighted by Gasteiger charge is 2.12. The number of benzene rings is 1. The van der Waals surface area contributed by atoms with Crippen LogP contribution in [0.2, 0.25) is 0 Å². The maximum atomic E-state index is 12.0. The molecule has 0 aliphatic carbocycles. The van der Waals surface area contributed by atoms with Crippen LogP contribution in [0.25, 0.3) is 0 Å². The molecule has 0 unspecified atom stereocenters. The van der Waals surface area contributed by atoms with Gasteiger partial charge in [0.1, 0.15) is 0 Å². The van der Waals surface area contributed by atoms with Crippen LogP contribution in [0.5, 0.6) is 0 Å². The molecule has 0 aliphatic rings. The molecule has 0 fully saturated rings. The number of nitrogen functional groups attached to an aromatic ring is 1. The van der Waals surface area contributed by atoms with E-state index < -0.39 is 0 Å². The van der Waals surface area contributed by atoms with Crippen molar-refractivity contribution >= 4 is 17.3 Å². The molecule has 1 rings (SSSR count). The molecule has 0 aliphatic heterocycles. The van der Waals surface area contributed by atoms with Gasteiger partial charge in [0, 0.05) is 31.1 Å². The fourth-order valence-electron chi connectivity index (χ4n) is 1.55. The highest BCUT2D eigenvalue weighted by atomic mass is 16.5. The number of hydrogen-bond donors (Lipinski definition) is 3. The average molecular weight is 251 g/mol. The number of nitrogens with one attached hydrogen (secondary N) is 2.